The zero-order chi connectivity index (χ0) is 13.7. The van der Waals surface area contributed by atoms with Crippen LogP contribution < -0.4 is 5.32 Å². The third kappa shape index (κ3) is 4.54. The number of ketones is 1. The normalized spacial score (nSPS) is 20.4. The minimum atomic E-state index is 0.238. The molecule has 1 aliphatic rings. The minimum absolute atomic E-state index is 0.238. The molecule has 0 amide bonds. The zero-order valence-electron chi connectivity index (χ0n) is 11.4. The quantitative estimate of drug-likeness (QED) is 0.637. The van der Waals surface area contributed by atoms with E-state index in [1.54, 1.807) is 0 Å². The Morgan fingerprint density at radius 1 is 1.42 bits per heavy atom. The molecular formula is C15H21IN2O. The fourth-order valence-electron chi connectivity index (χ4n) is 2.68. The molecule has 3 nitrogen and oxygen atoms in total. The van der Waals surface area contributed by atoms with Gasteiger partial charge in [-0.05, 0) is 73.6 Å². The van der Waals surface area contributed by atoms with Crippen molar-refractivity contribution in [2.45, 2.75) is 12.8 Å². The van der Waals surface area contributed by atoms with Crippen LogP contribution in [0.25, 0.3) is 0 Å². The van der Waals surface area contributed by atoms with Gasteiger partial charge in [-0.3, -0.25) is 9.69 Å². The second-order valence-corrected chi connectivity index (χ2v) is 6.48. The number of benzene rings is 1. The van der Waals surface area contributed by atoms with Gasteiger partial charge in [0.05, 0.1) is 6.54 Å². The summed E-state index contributed by atoms with van der Waals surface area (Å²) in [5.41, 5.74) is 0.830. The summed E-state index contributed by atoms with van der Waals surface area (Å²) in [7, 11) is 2.00. The molecule has 1 aromatic rings. The number of carbonyl (C=O) groups excluding carboxylic acids is 1. The predicted octanol–water partition coefficient (Wildman–Crippen LogP) is 2.41. The molecule has 1 N–H and O–H groups in total. The van der Waals surface area contributed by atoms with Crippen molar-refractivity contribution in [1.29, 1.82) is 0 Å². The molecule has 1 atom stereocenters. The van der Waals surface area contributed by atoms with E-state index in [2.05, 4.69) is 32.8 Å². The number of nitrogens with zero attached hydrogens (tertiary/aromatic N) is 1. The van der Waals surface area contributed by atoms with Gasteiger partial charge in [-0.15, -0.1) is 0 Å². The van der Waals surface area contributed by atoms with E-state index in [1.807, 2.05) is 31.3 Å². The number of halogens is 1. The Labute approximate surface area is 128 Å². The molecule has 1 aromatic carbocycles. The predicted molar refractivity (Wildman–Crippen MR) is 86.6 cm³/mol. The lowest BCUT2D eigenvalue weighted by Crippen LogP contribution is -2.41. The third-order valence-electron chi connectivity index (χ3n) is 3.63. The van der Waals surface area contributed by atoms with Crippen LogP contribution in [0.2, 0.25) is 0 Å². The standard InChI is InChI=1S/C15H21IN2O/c1-17-9-12-3-2-8-18(10-12)11-15(19)13-4-6-14(16)7-5-13/h4-7,12,17H,2-3,8-11H2,1H3. The fraction of sp³-hybridized carbons (Fsp3) is 0.533. The monoisotopic (exact) mass is 372 g/mol. The molecule has 104 valence electrons. The highest BCUT2D eigenvalue weighted by molar-refractivity contribution is 14.1. The first-order chi connectivity index (χ1) is 9.19. The Balaban J connectivity index is 1.89. The molecule has 1 heterocycles. The number of nitrogens with one attached hydrogen (secondary N) is 1. The summed E-state index contributed by atoms with van der Waals surface area (Å²) < 4.78 is 1.17. The molecular weight excluding hydrogens is 351 g/mol. The van der Waals surface area contributed by atoms with Crippen molar-refractivity contribution in [2.75, 3.05) is 33.2 Å². The second kappa shape index (κ2) is 7.36. The van der Waals surface area contributed by atoms with E-state index in [4.69, 9.17) is 0 Å². The Kier molecular flexibility index (Phi) is 5.78. The summed E-state index contributed by atoms with van der Waals surface area (Å²) in [6.07, 6.45) is 2.47. The van der Waals surface area contributed by atoms with Crippen molar-refractivity contribution in [1.82, 2.24) is 10.2 Å². The van der Waals surface area contributed by atoms with E-state index in [-0.39, 0.29) is 5.78 Å². The van der Waals surface area contributed by atoms with Crippen LogP contribution in [0.1, 0.15) is 23.2 Å². The van der Waals surface area contributed by atoms with Crippen molar-refractivity contribution in [3.05, 3.63) is 33.4 Å². The molecule has 1 fully saturated rings. The number of rotatable bonds is 5. The van der Waals surface area contributed by atoms with Crippen molar-refractivity contribution in [2.24, 2.45) is 5.92 Å². The SMILES string of the molecule is CNCC1CCCN(CC(=O)c2ccc(I)cc2)C1. The molecule has 4 heteroatoms. The van der Waals surface area contributed by atoms with E-state index in [0.717, 1.165) is 25.2 Å². The number of piperidine rings is 1. The van der Waals surface area contributed by atoms with E-state index < -0.39 is 0 Å². The van der Waals surface area contributed by atoms with Gasteiger partial charge in [0.1, 0.15) is 0 Å². The topological polar surface area (TPSA) is 32.3 Å². The highest BCUT2D eigenvalue weighted by Crippen LogP contribution is 2.16. The molecule has 1 saturated heterocycles. The molecule has 0 saturated carbocycles. The highest BCUT2D eigenvalue weighted by atomic mass is 127. The molecule has 0 radical (unpaired) electrons. The number of hydrogen-bond donors (Lipinski definition) is 1. The number of hydrogen-bond acceptors (Lipinski definition) is 3. The van der Waals surface area contributed by atoms with Gasteiger partial charge in [-0.2, -0.15) is 0 Å². The van der Waals surface area contributed by atoms with Crippen LogP contribution in [0, 0.1) is 9.49 Å². The maximum absolute atomic E-state index is 12.2. The van der Waals surface area contributed by atoms with Crippen LogP contribution in [-0.2, 0) is 0 Å². The Morgan fingerprint density at radius 3 is 2.84 bits per heavy atom. The van der Waals surface area contributed by atoms with Gasteiger partial charge >= 0.3 is 0 Å². The summed E-state index contributed by atoms with van der Waals surface area (Å²) in [6.45, 7) is 3.70. The zero-order valence-corrected chi connectivity index (χ0v) is 13.5. The lowest BCUT2D eigenvalue weighted by molar-refractivity contribution is 0.0886. The van der Waals surface area contributed by atoms with E-state index in [9.17, 15) is 4.79 Å². The summed E-state index contributed by atoms with van der Waals surface area (Å²) in [4.78, 5) is 14.5. The highest BCUT2D eigenvalue weighted by Gasteiger charge is 2.21. The van der Waals surface area contributed by atoms with Gasteiger partial charge in [0, 0.05) is 15.7 Å². The minimum Gasteiger partial charge on any atom is -0.319 e. The second-order valence-electron chi connectivity index (χ2n) is 5.23. The molecule has 19 heavy (non-hydrogen) atoms. The van der Waals surface area contributed by atoms with Gasteiger partial charge in [0.25, 0.3) is 0 Å². The first-order valence-electron chi connectivity index (χ1n) is 6.85. The molecule has 0 aromatic heterocycles. The first-order valence-corrected chi connectivity index (χ1v) is 7.92. The largest absolute Gasteiger partial charge is 0.319 e. The van der Waals surface area contributed by atoms with Crippen LogP contribution in [0.15, 0.2) is 24.3 Å². The molecule has 0 aliphatic carbocycles. The van der Waals surface area contributed by atoms with Crippen molar-refractivity contribution < 1.29 is 4.79 Å². The van der Waals surface area contributed by atoms with Crippen molar-refractivity contribution >= 4 is 28.4 Å². The van der Waals surface area contributed by atoms with Crippen molar-refractivity contribution in [3.63, 3.8) is 0 Å². The number of likely N-dealkylation sites (tertiary alicyclic amines) is 1. The third-order valence-corrected chi connectivity index (χ3v) is 4.35. The Bertz CT molecular complexity index is 417. The molecule has 1 aliphatic heterocycles. The average molecular weight is 372 g/mol. The average Bonchev–Trinajstić information content (AvgIpc) is 2.40. The Hall–Kier alpha value is -0.460. The lowest BCUT2D eigenvalue weighted by atomic mass is 9.97. The van der Waals surface area contributed by atoms with E-state index in [1.165, 1.54) is 16.4 Å². The smallest absolute Gasteiger partial charge is 0.176 e. The fourth-order valence-corrected chi connectivity index (χ4v) is 3.04. The Morgan fingerprint density at radius 2 is 2.16 bits per heavy atom. The maximum atomic E-state index is 12.2. The van der Waals surface area contributed by atoms with Gasteiger partial charge in [-0.1, -0.05) is 12.1 Å². The summed E-state index contributed by atoms with van der Waals surface area (Å²) in [5, 5.41) is 3.24. The number of Topliss-reactive ketones (excluding diaryl/α,β-unsaturated/α-hetero) is 1. The summed E-state index contributed by atoms with van der Waals surface area (Å²) >= 11 is 2.26. The van der Waals surface area contributed by atoms with Gasteiger partial charge in [0.2, 0.25) is 0 Å². The first kappa shape index (κ1) is 14.9. The molecule has 1 unspecified atom stereocenters. The van der Waals surface area contributed by atoms with Gasteiger partial charge in [-0.25, -0.2) is 0 Å². The van der Waals surface area contributed by atoms with Gasteiger partial charge in [0.15, 0.2) is 5.78 Å². The van der Waals surface area contributed by atoms with Crippen LogP contribution in [0.4, 0.5) is 0 Å². The molecule has 0 bridgehead atoms. The summed E-state index contributed by atoms with van der Waals surface area (Å²) in [6, 6.07) is 7.85. The number of carbonyl (C=O) groups is 1. The van der Waals surface area contributed by atoms with Gasteiger partial charge < -0.3 is 5.32 Å². The molecule has 2 rings (SSSR count). The van der Waals surface area contributed by atoms with Crippen LogP contribution in [-0.4, -0.2) is 43.9 Å². The van der Waals surface area contributed by atoms with E-state index in [0.29, 0.717) is 12.5 Å². The lowest BCUT2D eigenvalue weighted by Gasteiger charge is -2.32. The summed E-state index contributed by atoms with van der Waals surface area (Å²) in [5.74, 6) is 0.921. The van der Waals surface area contributed by atoms with Crippen LogP contribution >= 0.6 is 22.6 Å². The van der Waals surface area contributed by atoms with Crippen LogP contribution in [0.3, 0.4) is 0 Å². The van der Waals surface area contributed by atoms with Crippen molar-refractivity contribution in [3.8, 4) is 0 Å². The molecule has 0 spiro atoms. The van der Waals surface area contributed by atoms with E-state index >= 15 is 0 Å². The maximum Gasteiger partial charge on any atom is 0.176 e. The van der Waals surface area contributed by atoms with Crippen LogP contribution in [0.5, 0.6) is 0 Å².